The highest BCUT2D eigenvalue weighted by molar-refractivity contribution is 5.86. The molecule has 1 heterocycles. The van der Waals surface area contributed by atoms with Crippen LogP contribution in [0.25, 0.3) is 11.6 Å². The fourth-order valence-corrected chi connectivity index (χ4v) is 3.01. The van der Waals surface area contributed by atoms with E-state index in [1.807, 2.05) is 66.7 Å². The van der Waals surface area contributed by atoms with Gasteiger partial charge in [-0.1, -0.05) is 54.6 Å². The summed E-state index contributed by atoms with van der Waals surface area (Å²) in [6.45, 7) is 1.04. The standard InChI is InChI=1S/C23H20O3/c1-24-22-12-11-18(14-23(22)25-15-17-7-3-2-4-8-17)20-13-19-9-5-6-10-21(19)26-16-20/h2-14H,15-16H2,1H3. The van der Waals surface area contributed by atoms with E-state index in [9.17, 15) is 0 Å². The third kappa shape index (κ3) is 3.42. The Morgan fingerprint density at radius 3 is 2.54 bits per heavy atom. The fraction of sp³-hybridized carbons (Fsp3) is 0.130. The second-order valence-corrected chi connectivity index (χ2v) is 6.14. The predicted molar refractivity (Wildman–Crippen MR) is 104 cm³/mol. The Labute approximate surface area is 153 Å². The number of fused-ring (bicyclic) bond motifs is 1. The molecule has 0 bridgehead atoms. The number of hydrogen-bond acceptors (Lipinski definition) is 3. The van der Waals surface area contributed by atoms with E-state index >= 15 is 0 Å². The first-order valence-corrected chi connectivity index (χ1v) is 8.61. The summed E-state index contributed by atoms with van der Waals surface area (Å²) in [5.41, 5.74) is 4.41. The van der Waals surface area contributed by atoms with Crippen LogP contribution in [-0.4, -0.2) is 13.7 Å². The Balaban J connectivity index is 1.61. The second-order valence-electron chi connectivity index (χ2n) is 6.14. The average molecular weight is 344 g/mol. The van der Waals surface area contributed by atoms with Gasteiger partial charge in [0.25, 0.3) is 0 Å². The quantitative estimate of drug-likeness (QED) is 0.636. The number of ether oxygens (including phenoxy) is 3. The van der Waals surface area contributed by atoms with Gasteiger partial charge in [-0.25, -0.2) is 0 Å². The predicted octanol–water partition coefficient (Wildman–Crippen LogP) is 5.21. The van der Waals surface area contributed by atoms with Crippen molar-refractivity contribution < 1.29 is 14.2 Å². The number of hydrogen-bond donors (Lipinski definition) is 0. The maximum atomic E-state index is 6.02. The zero-order valence-electron chi connectivity index (χ0n) is 14.6. The van der Waals surface area contributed by atoms with Crippen LogP contribution in [0.1, 0.15) is 16.7 Å². The molecule has 0 fully saturated rings. The summed E-state index contributed by atoms with van der Waals surface area (Å²) in [5.74, 6) is 2.38. The molecular formula is C23H20O3. The Morgan fingerprint density at radius 1 is 0.885 bits per heavy atom. The van der Waals surface area contributed by atoms with Gasteiger partial charge >= 0.3 is 0 Å². The molecule has 26 heavy (non-hydrogen) atoms. The lowest BCUT2D eigenvalue weighted by atomic mass is 10.0. The second kappa shape index (κ2) is 7.36. The monoisotopic (exact) mass is 344 g/mol. The highest BCUT2D eigenvalue weighted by Crippen LogP contribution is 2.35. The Hall–Kier alpha value is -3.20. The molecule has 3 aromatic carbocycles. The molecule has 0 radical (unpaired) electrons. The summed E-state index contributed by atoms with van der Waals surface area (Å²) < 4.78 is 17.4. The highest BCUT2D eigenvalue weighted by Gasteiger charge is 2.14. The molecule has 130 valence electrons. The molecule has 0 spiro atoms. The normalized spacial score (nSPS) is 12.6. The van der Waals surface area contributed by atoms with Crippen molar-refractivity contribution >= 4 is 11.6 Å². The first-order valence-electron chi connectivity index (χ1n) is 8.61. The van der Waals surface area contributed by atoms with E-state index in [4.69, 9.17) is 14.2 Å². The van der Waals surface area contributed by atoms with E-state index in [-0.39, 0.29) is 0 Å². The number of para-hydroxylation sites is 1. The first-order chi connectivity index (χ1) is 12.8. The number of benzene rings is 3. The molecule has 0 unspecified atom stereocenters. The van der Waals surface area contributed by atoms with Crippen molar-refractivity contribution in [3.8, 4) is 17.2 Å². The van der Waals surface area contributed by atoms with Gasteiger partial charge in [0.2, 0.25) is 0 Å². The third-order valence-electron chi connectivity index (χ3n) is 4.40. The van der Waals surface area contributed by atoms with Crippen LogP contribution in [0.4, 0.5) is 0 Å². The van der Waals surface area contributed by atoms with Crippen LogP contribution < -0.4 is 14.2 Å². The van der Waals surface area contributed by atoms with Crippen LogP contribution in [0.3, 0.4) is 0 Å². The summed E-state index contributed by atoms with van der Waals surface area (Å²) in [5, 5.41) is 0. The van der Waals surface area contributed by atoms with E-state index in [2.05, 4.69) is 12.1 Å². The van der Waals surface area contributed by atoms with Gasteiger partial charge < -0.3 is 14.2 Å². The summed E-state index contributed by atoms with van der Waals surface area (Å²) in [6.07, 6.45) is 2.17. The molecule has 0 saturated heterocycles. The fourth-order valence-electron chi connectivity index (χ4n) is 3.01. The number of rotatable bonds is 5. The van der Waals surface area contributed by atoms with Crippen LogP contribution in [0.15, 0.2) is 72.8 Å². The lowest BCUT2D eigenvalue weighted by molar-refractivity contribution is 0.284. The molecule has 0 amide bonds. The zero-order valence-corrected chi connectivity index (χ0v) is 14.6. The minimum absolute atomic E-state index is 0.499. The van der Waals surface area contributed by atoms with Gasteiger partial charge in [-0.05, 0) is 41.0 Å². The summed E-state index contributed by atoms with van der Waals surface area (Å²) >= 11 is 0. The average Bonchev–Trinajstić information content (AvgIpc) is 2.72. The van der Waals surface area contributed by atoms with Crippen LogP contribution in [0, 0.1) is 0 Å². The van der Waals surface area contributed by atoms with Crippen LogP contribution in [0.5, 0.6) is 17.2 Å². The maximum absolute atomic E-state index is 6.02. The molecule has 3 aromatic rings. The van der Waals surface area contributed by atoms with Gasteiger partial charge in [-0.15, -0.1) is 0 Å². The molecule has 0 aromatic heterocycles. The topological polar surface area (TPSA) is 27.7 Å². The molecule has 3 nitrogen and oxygen atoms in total. The lowest BCUT2D eigenvalue weighted by Crippen LogP contribution is -2.07. The van der Waals surface area contributed by atoms with Crippen molar-refractivity contribution in [2.24, 2.45) is 0 Å². The molecular weight excluding hydrogens is 324 g/mol. The zero-order chi connectivity index (χ0) is 17.8. The summed E-state index contributed by atoms with van der Waals surface area (Å²) in [4.78, 5) is 0. The molecule has 3 heteroatoms. The molecule has 0 N–H and O–H groups in total. The number of methoxy groups -OCH3 is 1. The molecule has 1 aliphatic rings. The van der Waals surface area contributed by atoms with E-state index in [1.54, 1.807) is 7.11 Å². The van der Waals surface area contributed by atoms with Crippen molar-refractivity contribution in [1.82, 2.24) is 0 Å². The SMILES string of the molecule is COc1ccc(C2=Cc3ccccc3OC2)cc1OCc1ccccc1. The van der Waals surface area contributed by atoms with Crippen molar-refractivity contribution in [2.45, 2.75) is 6.61 Å². The first kappa shape index (κ1) is 16.3. The highest BCUT2D eigenvalue weighted by atomic mass is 16.5. The van der Waals surface area contributed by atoms with Crippen molar-refractivity contribution in [3.05, 3.63) is 89.5 Å². The van der Waals surface area contributed by atoms with E-state index in [0.29, 0.717) is 13.2 Å². The maximum Gasteiger partial charge on any atom is 0.162 e. The van der Waals surface area contributed by atoms with E-state index in [1.165, 1.54) is 0 Å². The van der Waals surface area contributed by atoms with Gasteiger partial charge in [0.15, 0.2) is 11.5 Å². The van der Waals surface area contributed by atoms with Crippen LogP contribution >= 0.6 is 0 Å². The van der Waals surface area contributed by atoms with E-state index < -0.39 is 0 Å². The summed E-state index contributed by atoms with van der Waals surface area (Å²) in [7, 11) is 1.66. The van der Waals surface area contributed by atoms with Gasteiger partial charge in [0.05, 0.1) is 7.11 Å². The molecule has 4 rings (SSSR count). The minimum atomic E-state index is 0.499. The third-order valence-corrected chi connectivity index (χ3v) is 4.40. The van der Waals surface area contributed by atoms with Gasteiger partial charge in [-0.2, -0.15) is 0 Å². The van der Waals surface area contributed by atoms with Crippen molar-refractivity contribution in [1.29, 1.82) is 0 Å². The van der Waals surface area contributed by atoms with Gasteiger partial charge in [-0.3, -0.25) is 0 Å². The molecule has 0 saturated carbocycles. The molecule has 0 aliphatic carbocycles. The van der Waals surface area contributed by atoms with Crippen LogP contribution in [-0.2, 0) is 6.61 Å². The smallest absolute Gasteiger partial charge is 0.162 e. The van der Waals surface area contributed by atoms with Gasteiger partial charge in [0.1, 0.15) is 19.0 Å². The van der Waals surface area contributed by atoms with E-state index in [0.717, 1.165) is 39.5 Å². The Bertz CT molecular complexity index is 929. The van der Waals surface area contributed by atoms with Crippen molar-refractivity contribution in [3.63, 3.8) is 0 Å². The largest absolute Gasteiger partial charge is 0.493 e. The summed E-state index contributed by atoms with van der Waals surface area (Å²) in [6, 6.07) is 24.2. The van der Waals surface area contributed by atoms with Gasteiger partial charge in [0, 0.05) is 5.56 Å². The Kier molecular flexibility index (Phi) is 4.61. The van der Waals surface area contributed by atoms with Crippen LogP contribution in [0.2, 0.25) is 0 Å². The minimum Gasteiger partial charge on any atom is -0.493 e. The Morgan fingerprint density at radius 2 is 1.69 bits per heavy atom. The lowest BCUT2D eigenvalue weighted by Gasteiger charge is -2.19. The molecule has 0 atom stereocenters. The van der Waals surface area contributed by atoms with Crippen molar-refractivity contribution in [2.75, 3.05) is 13.7 Å². The molecule has 1 aliphatic heterocycles.